The summed E-state index contributed by atoms with van der Waals surface area (Å²) in [5.41, 5.74) is 1.07. The number of rotatable bonds is 1. The fraction of sp³-hybridized carbons (Fsp3) is 0.143. The van der Waals surface area contributed by atoms with E-state index in [4.69, 9.17) is 0 Å². The zero-order valence-corrected chi connectivity index (χ0v) is 7.42. The molecule has 0 saturated heterocycles. The first-order chi connectivity index (χ1) is 5.79. The van der Waals surface area contributed by atoms with Gasteiger partial charge in [-0.1, -0.05) is 0 Å². The summed E-state index contributed by atoms with van der Waals surface area (Å²) in [5, 5.41) is 7.49. The van der Waals surface area contributed by atoms with Gasteiger partial charge in [-0.25, -0.2) is 4.98 Å². The molecule has 0 atom stereocenters. The topological polar surface area (TPSA) is 46.5 Å². The highest BCUT2D eigenvalue weighted by Gasteiger charge is 2.05. The molecule has 0 aliphatic heterocycles. The van der Waals surface area contributed by atoms with Crippen LogP contribution in [0.2, 0.25) is 0 Å². The maximum Gasteiger partial charge on any atom is 0.170 e. The quantitative estimate of drug-likeness (QED) is 0.648. The minimum Gasteiger partial charge on any atom is -0.283 e. The van der Waals surface area contributed by atoms with Gasteiger partial charge in [0.15, 0.2) is 11.0 Å². The van der Waals surface area contributed by atoms with Gasteiger partial charge in [0.05, 0.1) is 0 Å². The molecule has 0 saturated carbocycles. The van der Waals surface area contributed by atoms with Gasteiger partial charge in [-0.2, -0.15) is 5.10 Å². The van der Waals surface area contributed by atoms with Crippen molar-refractivity contribution in [1.29, 1.82) is 0 Å². The maximum absolute atomic E-state index is 4.18. The number of nitrogens with zero attached hydrogens (tertiary/aromatic N) is 3. The molecule has 0 aliphatic carbocycles. The Morgan fingerprint density at radius 1 is 1.58 bits per heavy atom. The molecule has 0 spiro atoms. The predicted octanol–water partition coefficient (Wildman–Crippen LogP) is 1.19. The van der Waals surface area contributed by atoms with E-state index < -0.39 is 0 Å². The maximum atomic E-state index is 4.18. The SMILES string of the molecule is Cc1c[nH]nc1-n1ccnc1S. The molecule has 2 aromatic heterocycles. The minimum atomic E-state index is 0.644. The summed E-state index contributed by atoms with van der Waals surface area (Å²) in [6.45, 7) is 1.98. The monoisotopic (exact) mass is 180 g/mol. The third-order valence-corrected chi connectivity index (χ3v) is 1.98. The summed E-state index contributed by atoms with van der Waals surface area (Å²) in [6, 6.07) is 0. The van der Waals surface area contributed by atoms with Crippen LogP contribution in [-0.4, -0.2) is 19.7 Å². The summed E-state index contributed by atoms with van der Waals surface area (Å²) in [7, 11) is 0. The lowest BCUT2D eigenvalue weighted by Gasteiger charge is -1.99. The van der Waals surface area contributed by atoms with Crippen molar-refractivity contribution in [2.24, 2.45) is 0 Å². The normalized spacial score (nSPS) is 10.5. The van der Waals surface area contributed by atoms with Crippen LogP contribution in [0.15, 0.2) is 23.7 Å². The highest BCUT2D eigenvalue weighted by molar-refractivity contribution is 7.80. The molecule has 0 aliphatic rings. The molecular weight excluding hydrogens is 172 g/mol. The van der Waals surface area contributed by atoms with E-state index in [2.05, 4.69) is 27.8 Å². The van der Waals surface area contributed by atoms with Gasteiger partial charge in [-0.05, 0) is 6.92 Å². The van der Waals surface area contributed by atoms with Crippen LogP contribution in [0, 0.1) is 6.92 Å². The third kappa shape index (κ3) is 1.02. The van der Waals surface area contributed by atoms with Crippen molar-refractivity contribution in [3.63, 3.8) is 0 Å². The van der Waals surface area contributed by atoms with E-state index in [1.807, 2.05) is 23.9 Å². The second kappa shape index (κ2) is 2.67. The zero-order valence-electron chi connectivity index (χ0n) is 6.52. The van der Waals surface area contributed by atoms with Gasteiger partial charge in [-0.3, -0.25) is 9.67 Å². The smallest absolute Gasteiger partial charge is 0.170 e. The third-order valence-electron chi connectivity index (χ3n) is 1.65. The number of hydrogen-bond acceptors (Lipinski definition) is 3. The molecule has 0 fully saturated rings. The van der Waals surface area contributed by atoms with E-state index in [-0.39, 0.29) is 0 Å². The first kappa shape index (κ1) is 7.42. The number of aromatic amines is 1. The molecule has 2 rings (SSSR count). The predicted molar refractivity (Wildman–Crippen MR) is 47.7 cm³/mol. The molecule has 0 radical (unpaired) electrons. The van der Waals surface area contributed by atoms with Crippen molar-refractivity contribution in [2.45, 2.75) is 12.1 Å². The Labute approximate surface area is 75.0 Å². The van der Waals surface area contributed by atoms with Gasteiger partial charge in [-0.15, -0.1) is 12.6 Å². The van der Waals surface area contributed by atoms with Crippen molar-refractivity contribution in [3.8, 4) is 5.82 Å². The van der Waals surface area contributed by atoms with Crippen LogP contribution in [0.1, 0.15) is 5.56 Å². The van der Waals surface area contributed by atoms with E-state index in [1.165, 1.54) is 0 Å². The first-order valence-electron chi connectivity index (χ1n) is 3.52. The Hall–Kier alpha value is -1.23. The standard InChI is InChI=1S/C7H8N4S/c1-5-4-9-10-6(5)11-3-2-8-7(11)12/h2-4H,1H3,(H,8,12)(H,9,10). The van der Waals surface area contributed by atoms with Gasteiger partial charge in [0.25, 0.3) is 0 Å². The number of hydrogen-bond donors (Lipinski definition) is 2. The molecule has 0 unspecified atom stereocenters. The van der Waals surface area contributed by atoms with Crippen LogP contribution in [0.4, 0.5) is 0 Å². The van der Waals surface area contributed by atoms with E-state index in [0.29, 0.717) is 5.16 Å². The minimum absolute atomic E-state index is 0.644. The second-order valence-corrected chi connectivity index (χ2v) is 2.89. The first-order valence-corrected chi connectivity index (χ1v) is 3.97. The molecule has 4 nitrogen and oxygen atoms in total. The zero-order chi connectivity index (χ0) is 8.55. The summed E-state index contributed by atoms with van der Waals surface area (Å²) in [4.78, 5) is 3.99. The molecule has 0 bridgehead atoms. The number of aromatic nitrogens is 4. The van der Waals surface area contributed by atoms with Crippen LogP contribution in [0.5, 0.6) is 0 Å². The average molecular weight is 180 g/mol. The summed E-state index contributed by atoms with van der Waals surface area (Å²) in [6.07, 6.45) is 5.35. The van der Waals surface area contributed by atoms with Gasteiger partial charge >= 0.3 is 0 Å². The number of nitrogens with one attached hydrogen (secondary N) is 1. The Morgan fingerprint density at radius 3 is 2.92 bits per heavy atom. The Bertz CT molecular complexity index is 351. The Morgan fingerprint density at radius 2 is 2.42 bits per heavy atom. The fourth-order valence-electron chi connectivity index (χ4n) is 1.05. The molecule has 2 heterocycles. The molecule has 0 amide bonds. The largest absolute Gasteiger partial charge is 0.283 e. The van der Waals surface area contributed by atoms with Gasteiger partial charge in [0.2, 0.25) is 0 Å². The van der Waals surface area contributed by atoms with Gasteiger partial charge in [0.1, 0.15) is 0 Å². The number of imidazole rings is 1. The van der Waals surface area contributed by atoms with Crippen LogP contribution in [0.3, 0.4) is 0 Å². The van der Waals surface area contributed by atoms with Gasteiger partial charge in [0, 0.05) is 24.2 Å². The van der Waals surface area contributed by atoms with Crippen molar-refractivity contribution in [2.75, 3.05) is 0 Å². The van der Waals surface area contributed by atoms with Gasteiger partial charge < -0.3 is 0 Å². The molecule has 62 valence electrons. The van der Waals surface area contributed by atoms with Crippen molar-refractivity contribution in [3.05, 3.63) is 24.2 Å². The van der Waals surface area contributed by atoms with Crippen LogP contribution < -0.4 is 0 Å². The molecule has 12 heavy (non-hydrogen) atoms. The lowest BCUT2D eigenvalue weighted by Crippen LogP contribution is -1.95. The average Bonchev–Trinajstić information content (AvgIpc) is 2.59. The van der Waals surface area contributed by atoms with E-state index in [9.17, 15) is 0 Å². The molecule has 5 heteroatoms. The molecule has 2 aromatic rings. The highest BCUT2D eigenvalue weighted by atomic mass is 32.1. The lowest BCUT2D eigenvalue weighted by molar-refractivity contribution is 0.851. The second-order valence-electron chi connectivity index (χ2n) is 2.49. The van der Waals surface area contributed by atoms with Crippen LogP contribution >= 0.6 is 12.6 Å². The lowest BCUT2D eigenvalue weighted by atomic mass is 10.4. The van der Waals surface area contributed by atoms with E-state index in [1.54, 1.807) is 6.20 Å². The number of H-pyrrole nitrogens is 1. The highest BCUT2D eigenvalue weighted by Crippen LogP contribution is 2.13. The number of aryl methyl sites for hydroxylation is 1. The van der Waals surface area contributed by atoms with E-state index >= 15 is 0 Å². The molecule has 0 aromatic carbocycles. The Balaban J connectivity index is 2.57. The van der Waals surface area contributed by atoms with Crippen LogP contribution in [-0.2, 0) is 0 Å². The number of thiol groups is 1. The van der Waals surface area contributed by atoms with Crippen molar-refractivity contribution >= 4 is 12.6 Å². The van der Waals surface area contributed by atoms with Crippen molar-refractivity contribution in [1.82, 2.24) is 19.7 Å². The van der Waals surface area contributed by atoms with Crippen molar-refractivity contribution < 1.29 is 0 Å². The molecule has 1 N–H and O–H groups in total. The molecular formula is C7H8N4S. The summed E-state index contributed by atoms with van der Waals surface area (Å²) >= 11 is 4.18. The van der Waals surface area contributed by atoms with E-state index in [0.717, 1.165) is 11.4 Å². The summed E-state index contributed by atoms with van der Waals surface area (Å²) < 4.78 is 1.81. The Kier molecular flexibility index (Phi) is 1.65. The fourth-order valence-corrected chi connectivity index (χ4v) is 1.28. The summed E-state index contributed by atoms with van der Waals surface area (Å²) in [5.74, 6) is 0.845. The van der Waals surface area contributed by atoms with Crippen LogP contribution in [0.25, 0.3) is 5.82 Å².